The number of halogens is 2. The first-order valence-electron chi connectivity index (χ1n) is 13.1. The molecule has 1 heterocycles. The maximum atomic E-state index is 14.3. The van der Waals surface area contributed by atoms with Crippen LogP contribution >= 0.6 is 27.5 Å². The van der Waals surface area contributed by atoms with Crippen molar-refractivity contribution in [3.05, 3.63) is 111 Å². The minimum Gasteiger partial charge on any atom is -0.300 e. The first kappa shape index (κ1) is 30.4. The number of carbonyl (C=O) groups is 2. The molecule has 5 nitrogen and oxygen atoms in total. The Bertz CT molecular complexity index is 1530. The normalized spacial score (nSPS) is 18.8. The fourth-order valence-corrected chi connectivity index (χ4v) is 7.81. The Morgan fingerprint density at radius 3 is 2.12 bits per heavy atom. The molecule has 1 aliphatic rings. The molecule has 0 bridgehead atoms. The van der Waals surface area contributed by atoms with Gasteiger partial charge < -0.3 is 0 Å². The lowest BCUT2D eigenvalue weighted by Gasteiger charge is -2.37. The van der Waals surface area contributed by atoms with Crippen LogP contribution in [0.25, 0.3) is 0 Å². The monoisotopic (exact) mass is 641 g/mol. The molecule has 210 valence electrons. The molecule has 3 aromatic rings. The van der Waals surface area contributed by atoms with Crippen LogP contribution < -0.4 is 0 Å². The number of ketones is 2. The molecule has 4 rings (SSSR count). The van der Waals surface area contributed by atoms with Gasteiger partial charge in [-0.1, -0.05) is 109 Å². The van der Waals surface area contributed by atoms with Crippen molar-refractivity contribution >= 4 is 49.1 Å². The third kappa shape index (κ3) is 6.49. The molecule has 0 aromatic heterocycles. The van der Waals surface area contributed by atoms with Crippen LogP contribution in [0, 0.1) is 11.3 Å². The summed E-state index contributed by atoms with van der Waals surface area (Å²) in [7, 11) is -4.15. The second kappa shape index (κ2) is 12.1. The van der Waals surface area contributed by atoms with Crippen molar-refractivity contribution in [3.63, 3.8) is 0 Å². The number of benzene rings is 3. The highest BCUT2D eigenvalue weighted by atomic mass is 79.9. The van der Waals surface area contributed by atoms with Crippen LogP contribution in [0.15, 0.2) is 99.9 Å². The standard InChI is InChI=1S/C32H33BrClNO4S/c1-21(36)24(18-22-10-6-5-7-11-22)19-28(37)26-20-30(32(2,3)4)35(31(26)23-14-16-25(33)17-15-23)40(38,39)29-13-9-8-12-27(29)34/h5-17,20,24,30-31H,18-19H2,1-4H3/t24-,30+,31+/m1/s1. The van der Waals surface area contributed by atoms with E-state index >= 15 is 0 Å². The van der Waals surface area contributed by atoms with Crippen LogP contribution in [-0.2, 0) is 26.0 Å². The van der Waals surface area contributed by atoms with Crippen molar-refractivity contribution in [2.24, 2.45) is 11.3 Å². The molecule has 0 N–H and O–H groups in total. The third-order valence-electron chi connectivity index (χ3n) is 7.28. The summed E-state index contributed by atoms with van der Waals surface area (Å²) in [6.45, 7) is 7.34. The van der Waals surface area contributed by atoms with Gasteiger partial charge in [0.15, 0.2) is 5.78 Å². The van der Waals surface area contributed by atoms with Gasteiger partial charge in [0, 0.05) is 28.4 Å². The zero-order valence-corrected chi connectivity index (χ0v) is 26.1. The van der Waals surface area contributed by atoms with Crippen LogP contribution in [0.5, 0.6) is 0 Å². The molecule has 1 aliphatic heterocycles. The first-order valence-corrected chi connectivity index (χ1v) is 15.7. The van der Waals surface area contributed by atoms with Gasteiger partial charge in [-0.2, -0.15) is 4.31 Å². The molecular weight excluding hydrogens is 610 g/mol. The van der Waals surface area contributed by atoms with Gasteiger partial charge in [-0.3, -0.25) is 9.59 Å². The summed E-state index contributed by atoms with van der Waals surface area (Å²) in [6, 6.07) is 21.7. The number of rotatable bonds is 9. The summed E-state index contributed by atoms with van der Waals surface area (Å²) in [4.78, 5) is 26.7. The summed E-state index contributed by atoms with van der Waals surface area (Å²) in [5.41, 5.74) is 1.45. The van der Waals surface area contributed by atoms with Crippen molar-refractivity contribution in [1.82, 2.24) is 4.31 Å². The van der Waals surface area contributed by atoms with E-state index in [1.165, 1.54) is 17.3 Å². The molecule has 0 fully saturated rings. The minimum absolute atomic E-state index is 0.0131. The third-order valence-corrected chi connectivity index (χ3v) is 10.2. The summed E-state index contributed by atoms with van der Waals surface area (Å²) in [5.74, 6) is -0.845. The number of carbonyl (C=O) groups excluding carboxylic acids is 2. The average Bonchev–Trinajstić information content (AvgIpc) is 3.32. The molecule has 3 atom stereocenters. The Balaban J connectivity index is 1.82. The molecule has 8 heteroatoms. The summed E-state index contributed by atoms with van der Waals surface area (Å²) in [6.07, 6.45) is 2.20. The summed E-state index contributed by atoms with van der Waals surface area (Å²) in [5, 5.41) is 0.115. The molecule has 0 spiro atoms. The van der Waals surface area contributed by atoms with E-state index in [-0.39, 0.29) is 27.9 Å². The molecule has 0 unspecified atom stereocenters. The van der Waals surface area contributed by atoms with E-state index < -0.39 is 33.4 Å². The van der Waals surface area contributed by atoms with Crippen LogP contribution in [0.1, 0.15) is 51.3 Å². The van der Waals surface area contributed by atoms with Gasteiger partial charge in [0.05, 0.1) is 11.1 Å². The van der Waals surface area contributed by atoms with Gasteiger partial charge in [-0.25, -0.2) is 8.42 Å². The number of hydrogen-bond acceptors (Lipinski definition) is 4. The van der Waals surface area contributed by atoms with E-state index in [0.29, 0.717) is 17.6 Å². The molecule has 0 saturated carbocycles. The SMILES string of the molecule is CC(=O)[C@@H](CC(=O)C1=C[C@@H](C(C)(C)C)N(S(=O)(=O)c2ccccc2Cl)[C@H]1c1ccc(Br)cc1)Cc1ccccc1. The van der Waals surface area contributed by atoms with E-state index in [1.807, 2.05) is 75.4 Å². The molecular formula is C32H33BrClNO4S. The van der Waals surface area contributed by atoms with E-state index in [2.05, 4.69) is 15.9 Å². The minimum atomic E-state index is -4.15. The van der Waals surface area contributed by atoms with Gasteiger partial charge in [-0.15, -0.1) is 0 Å². The Morgan fingerprint density at radius 1 is 0.950 bits per heavy atom. The van der Waals surface area contributed by atoms with E-state index in [0.717, 1.165) is 10.0 Å². The van der Waals surface area contributed by atoms with Crippen molar-refractivity contribution in [3.8, 4) is 0 Å². The fourth-order valence-electron chi connectivity index (χ4n) is 5.14. The predicted molar refractivity (Wildman–Crippen MR) is 163 cm³/mol. The highest BCUT2D eigenvalue weighted by Gasteiger charge is 2.49. The quantitative estimate of drug-likeness (QED) is 0.241. The van der Waals surface area contributed by atoms with Gasteiger partial charge in [0.25, 0.3) is 0 Å². The van der Waals surface area contributed by atoms with E-state index in [4.69, 9.17) is 11.6 Å². The largest absolute Gasteiger partial charge is 0.300 e. The fraction of sp³-hybridized carbons (Fsp3) is 0.312. The van der Waals surface area contributed by atoms with Crippen molar-refractivity contribution in [2.75, 3.05) is 0 Å². The lowest BCUT2D eigenvalue weighted by Crippen LogP contribution is -2.45. The smallest absolute Gasteiger partial charge is 0.245 e. The predicted octanol–water partition coefficient (Wildman–Crippen LogP) is 7.60. The van der Waals surface area contributed by atoms with Crippen molar-refractivity contribution in [2.45, 2.75) is 57.5 Å². The molecule has 0 radical (unpaired) electrons. The number of nitrogens with zero attached hydrogens (tertiary/aromatic N) is 1. The zero-order valence-electron chi connectivity index (χ0n) is 23.0. The maximum Gasteiger partial charge on any atom is 0.245 e. The van der Waals surface area contributed by atoms with Gasteiger partial charge >= 0.3 is 0 Å². The second-order valence-electron chi connectivity index (χ2n) is 11.3. The maximum absolute atomic E-state index is 14.3. The highest BCUT2D eigenvalue weighted by molar-refractivity contribution is 9.10. The lowest BCUT2D eigenvalue weighted by atomic mass is 9.85. The van der Waals surface area contributed by atoms with E-state index in [1.54, 1.807) is 24.3 Å². The Morgan fingerprint density at radius 2 is 1.55 bits per heavy atom. The Kier molecular flexibility index (Phi) is 9.20. The Labute approximate surface area is 250 Å². The van der Waals surface area contributed by atoms with Crippen LogP contribution in [0.2, 0.25) is 5.02 Å². The van der Waals surface area contributed by atoms with E-state index in [9.17, 15) is 18.0 Å². The first-order chi connectivity index (χ1) is 18.8. The summed E-state index contributed by atoms with van der Waals surface area (Å²) < 4.78 is 30.9. The van der Waals surface area contributed by atoms with Crippen LogP contribution in [0.3, 0.4) is 0 Å². The number of Topliss-reactive ketones (excluding diaryl/α,β-unsaturated/α-hetero) is 2. The summed E-state index contributed by atoms with van der Waals surface area (Å²) >= 11 is 9.86. The molecule has 0 amide bonds. The van der Waals surface area contributed by atoms with Gasteiger partial charge in [-0.05, 0) is 54.2 Å². The van der Waals surface area contributed by atoms with Crippen LogP contribution in [-0.4, -0.2) is 30.3 Å². The molecule has 0 saturated heterocycles. The zero-order chi connectivity index (χ0) is 29.2. The van der Waals surface area contributed by atoms with Gasteiger partial charge in [0.1, 0.15) is 10.7 Å². The van der Waals surface area contributed by atoms with Crippen molar-refractivity contribution in [1.29, 1.82) is 0 Å². The second-order valence-corrected chi connectivity index (χ2v) is 14.4. The van der Waals surface area contributed by atoms with Gasteiger partial charge in [0.2, 0.25) is 10.0 Å². The number of hydrogen-bond donors (Lipinski definition) is 0. The van der Waals surface area contributed by atoms with Crippen LogP contribution in [0.4, 0.5) is 0 Å². The Hall–Kier alpha value is -2.58. The molecule has 40 heavy (non-hydrogen) atoms. The average molecular weight is 643 g/mol. The molecule has 0 aliphatic carbocycles. The number of sulfonamides is 1. The lowest BCUT2D eigenvalue weighted by molar-refractivity contribution is -0.125. The topological polar surface area (TPSA) is 71.5 Å². The highest BCUT2D eigenvalue weighted by Crippen LogP contribution is 2.47. The molecule has 3 aromatic carbocycles. The van der Waals surface area contributed by atoms with Crippen molar-refractivity contribution < 1.29 is 18.0 Å².